The SMILES string of the molecule is CCNC(=NCc1cccc(C)n1)NCC(C)(O)CN1CCOCC1.I. The fourth-order valence-electron chi connectivity index (χ4n) is 2.76. The molecule has 148 valence electrons. The van der Waals surface area contributed by atoms with E-state index in [0.717, 1.165) is 44.2 Å². The van der Waals surface area contributed by atoms with Gasteiger partial charge in [-0.2, -0.15) is 0 Å². The van der Waals surface area contributed by atoms with Gasteiger partial charge in [0, 0.05) is 38.4 Å². The minimum atomic E-state index is -0.838. The molecular formula is C18H32IN5O2. The van der Waals surface area contributed by atoms with Crippen molar-refractivity contribution in [1.29, 1.82) is 0 Å². The van der Waals surface area contributed by atoms with Gasteiger partial charge in [-0.05, 0) is 32.9 Å². The number of nitrogens with one attached hydrogen (secondary N) is 2. The van der Waals surface area contributed by atoms with Gasteiger partial charge in [-0.25, -0.2) is 4.99 Å². The molecule has 0 spiro atoms. The summed E-state index contributed by atoms with van der Waals surface area (Å²) in [6.45, 7) is 11.3. The predicted octanol–water partition coefficient (Wildman–Crippen LogP) is 1.15. The highest BCUT2D eigenvalue weighted by Crippen LogP contribution is 2.07. The van der Waals surface area contributed by atoms with Crippen molar-refractivity contribution in [3.8, 4) is 0 Å². The van der Waals surface area contributed by atoms with E-state index in [9.17, 15) is 5.11 Å². The van der Waals surface area contributed by atoms with Crippen molar-refractivity contribution in [2.75, 3.05) is 45.9 Å². The number of halogens is 1. The van der Waals surface area contributed by atoms with Crippen LogP contribution in [0, 0.1) is 6.92 Å². The molecule has 1 aliphatic rings. The zero-order valence-corrected chi connectivity index (χ0v) is 18.3. The Morgan fingerprint density at radius 2 is 2.08 bits per heavy atom. The third-order valence-electron chi connectivity index (χ3n) is 3.99. The number of guanidine groups is 1. The number of morpholine rings is 1. The third kappa shape index (κ3) is 8.61. The maximum absolute atomic E-state index is 10.7. The fraction of sp³-hybridized carbons (Fsp3) is 0.667. The Hall–Kier alpha value is -0.970. The normalized spacial score (nSPS) is 17.9. The summed E-state index contributed by atoms with van der Waals surface area (Å²) in [4.78, 5) is 11.3. The number of hydrogen-bond donors (Lipinski definition) is 3. The van der Waals surface area contributed by atoms with Crippen LogP contribution in [0.3, 0.4) is 0 Å². The molecule has 0 aromatic carbocycles. The number of pyridine rings is 1. The molecule has 0 bridgehead atoms. The molecule has 1 aliphatic heterocycles. The van der Waals surface area contributed by atoms with Gasteiger partial charge in [-0.1, -0.05) is 6.07 Å². The molecule has 1 atom stereocenters. The molecule has 1 unspecified atom stereocenters. The van der Waals surface area contributed by atoms with Crippen molar-refractivity contribution in [2.24, 2.45) is 4.99 Å². The molecule has 3 N–H and O–H groups in total. The lowest BCUT2D eigenvalue weighted by Crippen LogP contribution is -2.52. The summed E-state index contributed by atoms with van der Waals surface area (Å²) >= 11 is 0. The van der Waals surface area contributed by atoms with Crippen LogP contribution in [-0.2, 0) is 11.3 Å². The summed E-state index contributed by atoms with van der Waals surface area (Å²) in [7, 11) is 0. The van der Waals surface area contributed by atoms with Crippen LogP contribution >= 0.6 is 24.0 Å². The molecule has 2 rings (SSSR count). The Labute approximate surface area is 173 Å². The summed E-state index contributed by atoms with van der Waals surface area (Å²) in [5.41, 5.74) is 1.08. The van der Waals surface area contributed by atoms with Crippen molar-refractivity contribution >= 4 is 29.9 Å². The Kier molecular flexibility index (Phi) is 10.4. The van der Waals surface area contributed by atoms with Gasteiger partial charge in [0.2, 0.25) is 0 Å². The molecule has 1 fully saturated rings. The van der Waals surface area contributed by atoms with Crippen molar-refractivity contribution in [3.05, 3.63) is 29.6 Å². The highest BCUT2D eigenvalue weighted by atomic mass is 127. The molecule has 0 radical (unpaired) electrons. The number of rotatable bonds is 7. The molecule has 1 aromatic rings. The minimum absolute atomic E-state index is 0. The van der Waals surface area contributed by atoms with Crippen LogP contribution in [0.2, 0.25) is 0 Å². The smallest absolute Gasteiger partial charge is 0.191 e. The van der Waals surface area contributed by atoms with Crippen molar-refractivity contribution in [2.45, 2.75) is 32.9 Å². The maximum atomic E-state index is 10.7. The molecule has 0 saturated carbocycles. The van der Waals surface area contributed by atoms with E-state index in [1.54, 1.807) is 0 Å². The Morgan fingerprint density at radius 3 is 2.73 bits per heavy atom. The number of β-amino-alcohol motifs (C(OH)–C–C–N with tert-alkyl or cyclic N) is 1. The van der Waals surface area contributed by atoms with Crippen LogP contribution in [0.25, 0.3) is 0 Å². The first-order chi connectivity index (χ1) is 12.0. The lowest BCUT2D eigenvalue weighted by Gasteiger charge is -2.34. The highest BCUT2D eigenvalue weighted by Gasteiger charge is 2.25. The van der Waals surface area contributed by atoms with Gasteiger partial charge in [0.25, 0.3) is 0 Å². The average molecular weight is 477 g/mol. The van der Waals surface area contributed by atoms with Gasteiger partial charge in [-0.15, -0.1) is 24.0 Å². The van der Waals surface area contributed by atoms with Gasteiger partial charge in [0.05, 0.1) is 31.1 Å². The minimum Gasteiger partial charge on any atom is -0.387 e. The van der Waals surface area contributed by atoms with E-state index in [-0.39, 0.29) is 24.0 Å². The maximum Gasteiger partial charge on any atom is 0.191 e. The Morgan fingerprint density at radius 1 is 1.35 bits per heavy atom. The van der Waals surface area contributed by atoms with E-state index in [1.165, 1.54) is 0 Å². The first-order valence-corrected chi connectivity index (χ1v) is 8.96. The summed E-state index contributed by atoms with van der Waals surface area (Å²) in [6, 6.07) is 5.93. The number of aliphatic imine (C=N–C) groups is 1. The second-order valence-corrected chi connectivity index (χ2v) is 6.70. The van der Waals surface area contributed by atoms with Gasteiger partial charge in [0.15, 0.2) is 5.96 Å². The molecular weight excluding hydrogens is 445 g/mol. The Bertz CT molecular complexity index is 562. The molecule has 0 amide bonds. The zero-order valence-electron chi connectivity index (χ0n) is 16.0. The highest BCUT2D eigenvalue weighted by molar-refractivity contribution is 14.0. The first-order valence-electron chi connectivity index (χ1n) is 8.96. The second-order valence-electron chi connectivity index (χ2n) is 6.70. The number of aryl methyl sites for hydroxylation is 1. The van der Waals surface area contributed by atoms with Crippen molar-refractivity contribution < 1.29 is 9.84 Å². The third-order valence-corrected chi connectivity index (χ3v) is 3.99. The zero-order chi connectivity index (χ0) is 18.1. The van der Waals surface area contributed by atoms with E-state index in [0.29, 0.717) is 25.6 Å². The van der Waals surface area contributed by atoms with E-state index < -0.39 is 5.60 Å². The molecule has 7 nitrogen and oxygen atoms in total. The van der Waals surface area contributed by atoms with E-state index >= 15 is 0 Å². The van der Waals surface area contributed by atoms with Crippen LogP contribution in [0.5, 0.6) is 0 Å². The quantitative estimate of drug-likeness (QED) is 0.311. The Balaban J connectivity index is 0.00000338. The van der Waals surface area contributed by atoms with Crippen LogP contribution < -0.4 is 10.6 Å². The molecule has 2 heterocycles. The summed E-state index contributed by atoms with van der Waals surface area (Å²) < 4.78 is 5.35. The molecule has 1 aromatic heterocycles. The predicted molar refractivity (Wildman–Crippen MR) is 115 cm³/mol. The number of nitrogens with zero attached hydrogens (tertiary/aromatic N) is 3. The van der Waals surface area contributed by atoms with Crippen LogP contribution in [-0.4, -0.2) is 72.5 Å². The monoisotopic (exact) mass is 477 g/mol. The number of aliphatic hydroxyl groups is 1. The molecule has 8 heteroatoms. The van der Waals surface area contributed by atoms with Gasteiger partial charge < -0.3 is 20.5 Å². The lowest BCUT2D eigenvalue weighted by atomic mass is 10.1. The van der Waals surface area contributed by atoms with Gasteiger partial charge >= 0.3 is 0 Å². The van der Waals surface area contributed by atoms with Crippen molar-refractivity contribution in [3.63, 3.8) is 0 Å². The molecule has 1 saturated heterocycles. The van der Waals surface area contributed by atoms with E-state index in [4.69, 9.17) is 4.74 Å². The van der Waals surface area contributed by atoms with Crippen molar-refractivity contribution in [1.82, 2.24) is 20.5 Å². The van der Waals surface area contributed by atoms with Crippen LogP contribution in [0.1, 0.15) is 25.2 Å². The van der Waals surface area contributed by atoms with Crippen LogP contribution in [0.4, 0.5) is 0 Å². The number of aromatic nitrogens is 1. The fourth-order valence-corrected chi connectivity index (χ4v) is 2.76. The standard InChI is InChI=1S/C18H31N5O2.HI/c1-4-19-17(20-12-16-7-5-6-15(2)22-16)21-13-18(3,24)14-23-8-10-25-11-9-23;/h5-7,24H,4,8-14H2,1-3H3,(H2,19,20,21);1H. The van der Waals surface area contributed by atoms with Gasteiger partial charge in [-0.3, -0.25) is 9.88 Å². The van der Waals surface area contributed by atoms with Gasteiger partial charge in [0.1, 0.15) is 0 Å². The topological polar surface area (TPSA) is 82.0 Å². The first kappa shape index (κ1) is 23.1. The average Bonchev–Trinajstić information content (AvgIpc) is 2.58. The largest absolute Gasteiger partial charge is 0.387 e. The number of ether oxygens (including phenoxy) is 1. The molecule has 26 heavy (non-hydrogen) atoms. The number of hydrogen-bond acceptors (Lipinski definition) is 5. The molecule has 0 aliphatic carbocycles. The second kappa shape index (κ2) is 11.7. The van der Waals surface area contributed by atoms with E-state index in [2.05, 4.69) is 25.5 Å². The lowest BCUT2D eigenvalue weighted by molar-refractivity contribution is -0.0201. The summed E-state index contributed by atoms with van der Waals surface area (Å²) in [6.07, 6.45) is 0. The summed E-state index contributed by atoms with van der Waals surface area (Å²) in [5.74, 6) is 0.688. The van der Waals surface area contributed by atoms with Crippen LogP contribution in [0.15, 0.2) is 23.2 Å². The van der Waals surface area contributed by atoms with E-state index in [1.807, 2.05) is 39.0 Å². The summed E-state index contributed by atoms with van der Waals surface area (Å²) in [5, 5.41) is 17.1.